The molecule has 1 heterocycles. The molecule has 0 bridgehead atoms. The minimum Gasteiger partial charge on any atom is -0.484 e. The van der Waals surface area contributed by atoms with Crippen molar-refractivity contribution in [3.8, 4) is 5.75 Å². The number of benzene rings is 2. The average Bonchev–Trinajstić information content (AvgIpc) is 3.32. The number of nitrogens with zero attached hydrogens (tertiary/aromatic N) is 1. The molecule has 0 saturated heterocycles. The Balaban J connectivity index is 1.45. The lowest BCUT2D eigenvalue weighted by molar-refractivity contribution is -0.139. The van der Waals surface area contributed by atoms with Crippen LogP contribution in [0.5, 0.6) is 5.75 Å². The lowest BCUT2D eigenvalue weighted by Gasteiger charge is -2.09. The van der Waals surface area contributed by atoms with Crippen molar-refractivity contribution >= 4 is 41.2 Å². The molecular weight excluding hydrogens is 448 g/mol. The molecule has 3 amide bonds. The highest BCUT2D eigenvalue weighted by molar-refractivity contribution is 6.35. The van der Waals surface area contributed by atoms with E-state index in [4.69, 9.17) is 20.8 Å². The van der Waals surface area contributed by atoms with Gasteiger partial charge in [-0.1, -0.05) is 29.8 Å². The Hall–Kier alpha value is -4.11. The molecule has 0 unspecified atom stereocenters. The maximum atomic E-state index is 12.1. The van der Waals surface area contributed by atoms with Gasteiger partial charge in [0.25, 0.3) is 5.91 Å². The van der Waals surface area contributed by atoms with Crippen LogP contribution in [0.1, 0.15) is 16.9 Å². The maximum Gasteiger partial charge on any atom is 0.329 e. The molecule has 0 atom stereocenters. The molecule has 2 aromatic carbocycles. The molecule has 170 valence electrons. The highest BCUT2D eigenvalue weighted by atomic mass is 35.5. The van der Waals surface area contributed by atoms with Crippen LogP contribution in [0.3, 0.4) is 0 Å². The van der Waals surface area contributed by atoms with Gasteiger partial charge in [-0.3, -0.25) is 14.4 Å². The zero-order chi connectivity index (χ0) is 23.6. The summed E-state index contributed by atoms with van der Waals surface area (Å²) in [6.45, 7) is 1.75. The number of furan rings is 1. The number of rotatable bonds is 8. The number of carbonyl (C=O) groups is 3. The van der Waals surface area contributed by atoms with Gasteiger partial charge in [-0.05, 0) is 54.4 Å². The third-order valence-electron chi connectivity index (χ3n) is 4.27. The fraction of sp³-hybridized carbons (Fsp3) is 0.130. The van der Waals surface area contributed by atoms with Gasteiger partial charge < -0.3 is 19.8 Å². The van der Waals surface area contributed by atoms with Gasteiger partial charge in [0.15, 0.2) is 6.61 Å². The van der Waals surface area contributed by atoms with E-state index in [1.165, 1.54) is 12.5 Å². The summed E-state index contributed by atoms with van der Waals surface area (Å²) in [7, 11) is 0. The number of ether oxygens (including phenoxy) is 1. The van der Waals surface area contributed by atoms with Crippen molar-refractivity contribution in [1.29, 1.82) is 0 Å². The van der Waals surface area contributed by atoms with Gasteiger partial charge >= 0.3 is 11.8 Å². The molecule has 3 N–H and O–H groups in total. The second-order valence-electron chi connectivity index (χ2n) is 6.83. The second kappa shape index (κ2) is 11.5. The SMILES string of the molecule is Cc1ccc(NC(=O)COc2cccc(/C=N\NC(=O)C(=O)NCc3ccco3)c2)cc1Cl. The number of nitrogens with one attached hydrogen (secondary N) is 3. The normalized spacial score (nSPS) is 10.6. The van der Waals surface area contributed by atoms with Crippen LogP contribution in [0.25, 0.3) is 0 Å². The molecule has 33 heavy (non-hydrogen) atoms. The molecular formula is C23H21ClN4O5. The van der Waals surface area contributed by atoms with Crippen molar-refractivity contribution in [3.05, 3.63) is 82.8 Å². The van der Waals surface area contributed by atoms with Gasteiger partial charge in [0.2, 0.25) is 0 Å². The molecule has 0 aliphatic carbocycles. The first kappa shape index (κ1) is 23.6. The molecule has 0 aliphatic heterocycles. The Labute approximate surface area is 194 Å². The number of carbonyl (C=O) groups excluding carboxylic acids is 3. The second-order valence-corrected chi connectivity index (χ2v) is 7.24. The monoisotopic (exact) mass is 468 g/mol. The van der Waals surface area contributed by atoms with Gasteiger partial charge in [0.1, 0.15) is 11.5 Å². The Morgan fingerprint density at radius 1 is 1.09 bits per heavy atom. The topological polar surface area (TPSA) is 122 Å². The van der Waals surface area contributed by atoms with Crippen LogP contribution in [-0.2, 0) is 20.9 Å². The van der Waals surface area contributed by atoms with Crippen LogP contribution in [0, 0.1) is 6.92 Å². The first-order valence-corrected chi connectivity index (χ1v) is 10.2. The van der Waals surface area contributed by atoms with Crippen molar-refractivity contribution in [2.75, 3.05) is 11.9 Å². The summed E-state index contributed by atoms with van der Waals surface area (Å²) in [4.78, 5) is 35.6. The number of aryl methyl sites for hydroxylation is 1. The number of hydrogen-bond donors (Lipinski definition) is 3. The third kappa shape index (κ3) is 7.51. The molecule has 3 aromatic rings. The first-order valence-electron chi connectivity index (χ1n) is 9.83. The zero-order valence-corrected chi connectivity index (χ0v) is 18.4. The number of halogens is 1. The molecule has 0 radical (unpaired) electrons. The van der Waals surface area contributed by atoms with Crippen LogP contribution in [0.15, 0.2) is 70.4 Å². The Bertz CT molecular complexity index is 1160. The lowest BCUT2D eigenvalue weighted by atomic mass is 10.2. The first-order chi connectivity index (χ1) is 15.9. The number of hydrazone groups is 1. The standard InChI is InChI=1S/C23H21ClN4O5/c1-15-7-8-17(11-20(15)24)27-21(29)14-33-18-5-2-4-16(10-18)12-26-28-23(31)22(30)25-13-19-6-3-9-32-19/h2-12H,13-14H2,1H3,(H,25,30)(H,27,29)(H,28,31)/b26-12-. The van der Waals surface area contributed by atoms with E-state index in [1.807, 2.05) is 13.0 Å². The summed E-state index contributed by atoms with van der Waals surface area (Å²) < 4.78 is 10.6. The van der Waals surface area contributed by atoms with Gasteiger partial charge in [-0.15, -0.1) is 0 Å². The number of hydrogen-bond acceptors (Lipinski definition) is 6. The smallest absolute Gasteiger partial charge is 0.329 e. The highest BCUT2D eigenvalue weighted by Crippen LogP contribution is 2.20. The van der Waals surface area contributed by atoms with Crippen LogP contribution in [-0.4, -0.2) is 30.5 Å². The summed E-state index contributed by atoms with van der Waals surface area (Å²) >= 11 is 6.06. The summed E-state index contributed by atoms with van der Waals surface area (Å²) in [5.74, 6) is -1.16. The highest BCUT2D eigenvalue weighted by Gasteiger charge is 2.12. The summed E-state index contributed by atoms with van der Waals surface area (Å²) in [5.41, 5.74) is 4.22. The lowest BCUT2D eigenvalue weighted by Crippen LogP contribution is -2.37. The Morgan fingerprint density at radius 2 is 1.94 bits per heavy atom. The van der Waals surface area contributed by atoms with E-state index in [2.05, 4.69) is 21.2 Å². The maximum absolute atomic E-state index is 12.1. The summed E-state index contributed by atoms with van der Waals surface area (Å²) in [5, 5.41) is 9.43. The molecule has 1 aromatic heterocycles. The molecule has 3 rings (SSSR count). The predicted molar refractivity (Wildman–Crippen MR) is 123 cm³/mol. The third-order valence-corrected chi connectivity index (χ3v) is 4.68. The van der Waals surface area contributed by atoms with Crippen LogP contribution >= 0.6 is 11.6 Å². The van der Waals surface area contributed by atoms with Crippen molar-refractivity contribution in [2.45, 2.75) is 13.5 Å². The molecule has 0 aliphatic rings. The Kier molecular flexibility index (Phi) is 8.20. The average molecular weight is 469 g/mol. The molecule has 0 spiro atoms. The van der Waals surface area contributed by atoms with Crippen LogP contribution in [0.2, 0.25) is 5.02 Å². The number of anilines is 1. The van der Waals surface area contributed by atoms with Gasteiger partial charge in [-0.2, -0.15) is 5.10 Å². The van der Waals surface area contributed by atoms with Crippen molar-refractivity contribution in [2.24, 2.45) is 5.10 Å². The zero-order valence-electron chi connectivity index (χ0n) is 17.6. The fourth-order valence-electron chi connectivity index (χ4n) is 2.58. The van der Waals surface area contributed by atoms with E-state index in [0.717, 1.165) is 5.56 Å². The van der Waals surface area contributed by atoms with E-state index in [-0.39, 0.29) is 19.1 Å². The van der Waals surface area contributed by atoms with E-state index in [1.54, 1.807) is 48.5 Å². The van der Waals surface area contributed by atoms with Crippen LogP contribution in [0.4, 0.5) is 5.69 Å². The predicted octanol–water partition coefficient (Wildman–Crippen LogP) is 3.03. The van der Waals surface area contributed by atoms with E-state index >= 15 is 0 Å². The molecule has 0 saturated carbocycles. The van der Waals surface area contributed by atoms with E-state index < -0.39 is 11.8 Å². The fourth-order valence-corrected chi connectivity index (χ4v) is 2.76. The van der Waals surface area contributed by atoms with Gasteiger partial charge in [0.05, 0.1) is 19.0 Å². The van der Waals surface area contributed by atoms with Gasteiger partial charge in [-0.25, -0.2) is 5.43 Å². The Morgan fingerprint density at radius 3 is 2.70 bits per heavy atom. The summed E-state index contributed by atoms with van der Waals surface area (Å²) in [6, 6.07) is 15.3. The van der Waals surface area contributed by atoms with Crippen LogP contribution < -0.4 is 20.8 Å². The summed E-state index contributed by atoms with van der Waals surface area (Å²) in [6.07, 6.45) is 2.81. The van der Waals surface area contributed by atoms with Crippen molar-refractivity contribution < 1.29 is 23.5 Å². The molecule has 0 fully saturated rings. The van der Waals surface area contributed by atoms with Gasteiger partial charge in [0, 0.05) is 10.7 Å². The molecule has 9 nitrogen and oxygen atoms in total. The quantitative estimate of drug-likeness (QED) is 0.266. The minimum atomic E-state index is -0.918. The van der Waals surface area contributed by atoms with Crippen molar-refractivity contribution in [3.63, 3.8) is 0 Å². The van der Waals surface area contributed by atoms with Crippen molar-refractivity contribution in [1.82, 2.24) is 10.7 Å². The van der Waals surface area contributed by atoms with E-state index in [9.17, 15) is 14.4 Å². The number of amides is 3. The van der Waals surface area contributed by atoms with E-state index in [0.29, 0.717) is 27.8 Å². The molecule has 10 heteroatoms. The largest absolute Gasteiger partial charge is 0.484 e. The minimum absolute atomic E-state index is 0.0902.